The third-order valence-corrected chi connectivity index (χ3v) is 1.27. The van der Waals surface area contributed by atoms with Crippen LogP contribution in [0, 0.1) is 5.53 Å². The summed E-state index contributed by atoms with van der Waals surface area (Å²) in [5.74, 6) is 0.426. The Morgan fingerprint density at radius 2 is 2.54 bits per heavy atom. The molecule has 68 valence electrons. The monoisotopic (exact) mass is 178 g/mol. The Kier molecular flexibility index (Phi) is 3.44. The van der Waals surface area contributed by atoms with Crippen LogP contribution in [-0.2, 0) is 4.84 Å². The zero-order chi connectivity index (χ0) is 9.52. The van der Waals surface area contributed by atoms with Gasteiger partial charge in [-0.3, -0.25) is 0 Å². The molecule has 13 heavy (non-hydrogen) atoms. The lowest BCUT2D eigenvalue weighted by Gasteiger charge is -2.03. The summed E-state index contributed by atoms with van der Waals surface area (Å²) in [7, 11) is 0. The van der Waals surface area contributed by atoms with E-state index >= 15 is 0 Å². The normalized spacial score (nSPS) is 9.92. The number of nitrogens with zero attached hydrogens (tertiary/aromatic N) is 2. The third kappa shape index (κ3) is 2.55. The Balaban J connectivity index is 2.69. The van der Waals surface area contributed by atoms with Crippen molar-refractivity contribution in [2.24, 2.45) is 5.11 Å². The summed E-state index contributed by atoms with van der Waals surface area (Å²) in [5, 5.41) is 3.27. The molecule has 1 aromatic heterocycles. The van der Waals surface area contributed by atoms with E-state index < -0.39 is 0 Å². The van der Waals surface area contributed by atoms with Crippen LogP contribution in [-0.4, -0.2) is 4.98 Å². The van der Waals surface area contributed by atoms with Gasteiger partial charge in [0, 0.05) is 6.20 Å². The Morgan fingerprint density at radius 1 is 1.69 bits per heavy atom. The molecule has 0 aliphatic carbocycles. The highest BCUT2D eigenvalue weighted by Gasteiger charge is 1.99. The van der Waals surface area contributed by atoms with Gasteiger partial charge in [-0.2, -0.15) is 5.11 Å². The molecule has 0 fully saturated rings. The minimum atomic E-state index is 0.426. The van der Waals surface area contributed by atoms with Gasteiger partial charge in [-0.25, -0.2) is 16.0 Å². The molecule has 0 spiro atoms. The first-order chi connectivity index (χ1) is 6.38. The number of rotatable bonds is 4. The van der Waals surface area contributed by atoms with E-state index in [2.05, 4.69) is 15.6 Å². The third-order valence-electron chi connectivity index (χ3n) is 1.27. The van der Waals surface area contributed by atoms with Gasteiger partial charge in [-0.1, -0.05) is 0 Å². The summed E-state index contributed by atoms with van der Waals surface area (Å²) in [6.45, 7) is 1.83. The first kappa shape index (κ1) is 9.18. The quantitative estimate of drug-likeness (QED) is 0.423. The largest absolute Gasteiger partial charge is 0.389 e. The van der Waals surface area contributed by atoms with Gasteiger partial charge < -0.3 is 4.84 Å². The highest BCUT2D eigenvalue weighted by Crippen LogP contribution is 2.20. The standard InChI is InChI=1S/C8H10N4O/c1-2-6-13-12-8-7(11-9)4-3-5-10-8/h2-6,9H,1H3,(H,10,12). The first-order valence-corrected chi connectivity index (χ1v) is 3.73. The molecule has 0 saturated carbocycles. The molecule has 1 heterocycles. The fourth-order valence-electron chi connectivity index (χ4n) is 0.724. The van der Waals surface area contributed by atoms with E-state index in [0.717, 1.165) is 0 Å². The van der Waals surface area contributed by atoms with Gasteiger partial charge in [0.25, 0.3) is 0 Å². The lowest BCUT2D eigenvalue weighted by molar-refractivity contribution is 0.327. The van der Waals surface area contributed by atoms with Crippen molar-refractivity contribution in [2.45, 2.75) is 6.92 Å². The Bertz CT molecular complexity index is 311. The summed E-state index contributed by atoms with van der Waals surface area (Å²) in [5.41, 5.74) is 9.83. The van der Waals surface area contributed by atoms with Crippen molar-refractivity contribution in [1.29, 1.82) is 5.53 Å². The van der Waals surface area contributed by atoms with Gasteiger partial charge >= 0.3 is 0 Å². The second-order valence-corrected chi connectivity index (χ2v) is 2.17. The average Bonchev–Trinajstić information content (AvgIpc) is 2.19. The van der Waals surface area contributed by atoms with Gasteiger partial charge in [0.05, 0.1) is 0 Å². The Morgan fingerprint density at radius 3 is 3.23 bits per heavy atom. The molecular weight excluding hydrogens is 168 g/mol. The van der Waals surface area contributed by atoms with Crippen LogP contribution in [0.3, 0.4) is 0 Å². The molecule has 0 saturated heterocycles. The van der Waals surface area contributed by atoms with E-state index in [-0.39, 0.29) is 0 Å². The number of aromatic nitrogens is 1. The smallest absolute Gasteiger partial charge is 0.187 e. The SMILES string of the molecule is CC=CONc1ncccc1N=N. The summed E-state index contributed by atoms with van der Waals surface area (Å²) in [6.07, 6.45) is 4.80. The maximum atomic E-state index is 6.84. The predicted molar refractivity (Wildman–Crippen MR) is 48.6 cm³/mol. The zero-order valence-electron chi connectivity index (χ0n) is 7.19. The topological polar surface area (TPSA) is 70.4 Å². The number of hydrogen-bond acceptors (Lipinski definition) is 5. The lowest BCUT2D eigenvalue weighted by Crippen LogP contribution is -1.97. The van der Waals surface area contributed by atoms with Crippen molar-refractivity contribution in [3.63, 3.8) is 0 Å². The minimum absolute atomic E-state index is 0.426. The average molecular weight is 178 g/mol. The molecule has 0 bridgehead atoms. The molecule has 1 rings (SSSR count). The highest BCUT2D eigenvalue weighted by atomic mass is 16.6. The maximum absolute atomic E-state index is 6.84. The molecule has 0 amide bonds. The van der Waals surface area contributed by atoms with Gasteiger partial charge in [0.15, 0.2) is 5.82 Å². The Labute approximate surface area is 75.9 Å². The molecular formula is C8H10N4O. The summed E-state index contributed by atoms with van der Waals surface area (Å²) >= 11 is 0. The lowest BCUT2D eigenvalue weighted by atomic mass is 10.4. The van der Waals surface area contributed by atoms with Gasteiger partial charge in [0.2, 0.25) is 0 Å². The minimum Gasteiger partial charge on any atom is -0.389 e. The van der Waals surface area contributed by atoms with E-state index in [4.69, 9.17) is 10.4 Å². The molecule has 1 aromatic rings. The van der Waals surface area contributed by atoms with E-state index in [9.17, 15) is 0 Å². The molecule has 5 nitrogen and oxygen atoms in total. The van der Waals surface area contributed by atoms with Crippen LogP contribution in [0.5, 0.6) is 0 Å². The van der Waals surface area contributed by atoms with Crippen LogP contribution in [0.25, 0.3) is 0 Å². The van der Waals surface area contributed by atoms with Gasteiger partial charge in [-0.15, -0.1) is 0 Å². The molecule has 0 aliphatic heterocycles. The summed E-state index contributed by atoms with van der Waals surface area (Å²) in [4.78, 5) is 8.81. The van der Waals surface area contributed by atoms with Gasteiger partial charge in [0.1, 0.15) is 11.9 Å². The molecule has 5 heteroatoms. The van der Waals surface area contributed by atoms with E-state index in [1.807, 2.05) is 6.92 Å². The van der Waals surface area contributed by atoms with Crippen LogP contribution in [0.2, 0.25) is 0 Å². The van der Waals surface area contributed by atoms with E-state index in [0.29, 0.717) is 11.5 Å². The zero-order valence-corrected chi connectivity index (χ0v) is 7.19. The maximum Gasteiger partial charge on any atom is 0.187 e. The number of pyridine rings is 1. The molecule has 0 aliphatic rings. The number of nitrogens with one attached hydrogen (secondary N) is 2. The molecule has 0 radical (unpaired) electrons. The molecule has 0 aromatic carbocycles. The van der Waals surface area contributed by atoms with Crippen LogP contribution in [0.4, 0.5) is 11.5 Å². The number of hydrogen-bond donors (Lipinski definition) is 2. The van der Waals surface area contributed by atoms with E-state index in [1.54, 1.807) is 24.4 Å². The van der Waals surface area contributed by atoms with Crippen molar-refractivity contribution in [2.75, 3.05) is 5.48 Å². The van der Waals surface area contributed by atoms with Crippen LogP contribution < -0.4 is 5.48 Å². The predicted octanol–water partition coefficient (Wildman–Crippen LogP) is 2.62. The van der Waals surface area contributed by atoms with Crippen LogP contribution in [0.15, 0.2) is 35.8 Å². The highest BCUT2D eigenvalue weighted by molar-refractivity contribution is 5.57. The second kappa shape index (κ2) is 4.87. The second-order valence-electron chi connectivity index (χ2n) is 2.17. The summed E-state index contributed by atoms with van der Waals surface area (Å²) < 4.78 is 0. The summed E-state index contributed by atoms with van der Waals surface area (Å²) in [6, 6.07) is 3.37. The fourth-order valence-corrected chi connectivity index (χ4v) is 0.724. The molecule has 0 atom stereocenters. The molecule has 0 unspecified atom stereocenters. The Hall–Kier alpha value is -1.91. The van der Waals surface area contributed by atoms with Crippen LogP contribution in [0.1, 0.15) is 6.92 Å². The van der Waals surface area contributed by atoms with Gasteiger partial charge in [-0.05, 0) is 25.1 Å². The van der Waals surface area contributed by atoms with Crippen LogP contribution >= 0.6 is 0 Å². The van der Waals surface area contributed by atoms with E-state index in [1.165, 1.54) is 6.26 Å². The number of allylic oxidation sites excluding steroid dienone is 1. The van der Waals surface area contributed by atoms with Crippen molar-refractivity contribution in [1.82, 2.24) is 4.98 Å². The van der Waals surface area contributed by atoms with Crippen molar-refractivity contribution in [3.05, 3.63) is 30.7 Å². The molecule has 2 N–H and O–H groups in total. The van der Waals surface area contributed by atoms with Crippen molar-refractivity contribution >= 4 is 11.5 Å². The fraction of sp³-hybridized carbons (Fsp3) is 0.125. The van der Waals surface area contributed by atoms with Crippen molar-refractivity contribution in [3.8, 4) is 0 Å². The first-order valence-electron chi connectivity index (χ1n) is 3.73. The number of anilines is 1. The van der Waals surface area contributed by atoms with Crippen molar-refractivity contribution < 1.29 is 4.84 Å².